The molecule has 2 aromatic carbocycles. The molecule has 1 aromatic heterocycles. The van der Waals surface area contributed by atoms with Gasteiger partial charge in [-0.05, 0) is 48.5 Å². The van der Waals surface area contributed by atoms with Gasteiger partial charge in [0.25, 0.3) is 5.91 Å². The van der Waals surface area contributed by atoms with Crippen LogP contribution < -0.4 is 10.6 Å². The molecular weight excluding hydrogens is 356 g/mol. The first-order valence-electron chi connectivity index (χ1n) is 8.32. The van der Waals surface area contributed by atoms with Crippen LogP contribution in [0, 0.1) is 11.3 Å². The third-order valence-electron chi connectivity index (χ3n) is 3.90. The molecule has 0 fully saturated rings. The molecule has 1 heterocycles. The van der Waals surface area contributed by atoms with Gasteiger partial charge in [-0.2, -0.15) is 5.26 Å². The number of hydrogen-bond donors (Lipinski definition) is 2. The van der Waals surface area contributed by atoms with Crippen LogP contribution in [0.25, 0.3) is 0 Å². The zero-order valence-corrected chi connectivity index (χ0v) is 15.0. The van der Waals surface area contributed by atoms with Crippen LogP contribution in [0.5, 0.6) is 0 Å². The Balaban J connectivity index is 1.74. The molecule has 7 nitrogen and oxygen atoms in total. The smallest absolute Gasteiger partial charge is 0.337 e. The van der Waals surface area contributed by atoms with Gasteiger partial charge in [0.1, 0.15) is 11.9 Å². The van der Waals surface area contributed by atoms with Gasteiger partial charge >= 0.3 is 5.97 Å². The van der Waals surface area contributed by atoms with Crippen molar-refractivity contribution in [1.82, 2.24) is 4.98 Å². The highest BCUT2D eigenvalue weighted by Crippen LogP contribution is 2.19. The minimum Gasteiger partial charge on any atom is -0.465 e. The number of carbonyl (C=O) groups excluding carboxylic acids is 2. The predicted molar refractivity (Wildman–Crippen MR) is 104 cm³/mol. The monoisotopic (exact) mass is 372 g/mol. The van der Waals surface area contributed by atoms with Crippen molar-refractivity contribution in [3.05, 3.63) is 83.6 Å². The molecule has 0 aliphatic heterocycles. The number of esters is 1. The summed E-state index contributed by atoms with van der Waals surface area (Å²) in [5, 5.41) is 14.9. The highest BCUT2D eigenvalue weighted by Gasteiger charge is 2.10. The third-order valence-corrected chi connectivity index (χ3v) is 3.90. The van der Waals surface area contributed by atoms with Crippen molar-refractivity contribution in [2.24, 2.45) is 0 Å². The van der Waals surface area contributed by atoms with Gasteiger partial charge in [-0.1, -0.05) is 12.1 Å². The van der Waals surface area contributed by atoms with E-state index in [4.69, 9.17) is 5.26 Å². The zero-order chi connectivity index (χ0) is 19.9. The van der Waals surface area contributed by atoms with Gasteiger partial charge in [-0.15, -0.1) is 0 Å². The lowest BCUT2D eigenvalue weighted by atomic mass is 10.1. The minimum absolute atomic E-state index is 0.353. The number of rotatable bonds is 5. The van der Waals surface area contributed by atoms with Gasteiger partial charge in [0.2, 0.25) is 0 Å². The van der Waals surface area contributed by atoms with Crippen molar-refractivity contribution in [2.45, 2.75) is 0 Å². The summed E-state index contributed by atoms with van der Waals surface area (Å²) in [6.07, 6.45) is 1.51. The highest BCUT2D eigenvalue weighted by molar-refractivity contribution is 6.05. The maximum absolute atomic E-state index is 12.5. The number of nitrogens with zero attached hydrogens (tertiary/aromatic N) is 2. The summed E-state index contributed by atoms with van der Waals surface area (Å²) in [5.41, 5.74) is 2.35. The molecule has 1 amide bonds. The molecule has 138 valence electrons. The Hall–Kier alpha value is -4.18. The fraction of sp³-hybridized carbons (Fsp3) is 0.0476. The summed E-state index contributed by atoms with van der Waals surface area (Å²) in [4.78, 5) is 28.2. The first kappa shape index (κ1) is 18.6. The van der Waals surface area contributed by atoms with Crippen molar-refractivity contribution < 1.29 is 14.3 Å². The fourth-order valence-corrected chi connectivity index (χ4v) is 2.48. The number of anilines is 3. The molecule has 0 aliphatic carbocycles. The topological polar surface area (TPSA) is 104 Å². The lowest BCUT2D eigenvalue weighted by Gasteiger charge is -2.09. The average molecular weight is 372 g/mol. The Kier molecular flexibility index (Phi) is 5.63. The fourth-order valence-electron chi connectivity index (χ4n) is 2.48. The molecule has 28 heavy (non-hydrogen) atoms. The van der Waals surface area contributed by atoms with E-state index in [1.165, 1.54) is 13.3 Å². The zero-order valence-electron chi connectivity index (χ0n) is 15.0. The van der Waals surface area contributed by atoms with Gasteiger partial charge in [0, 0.05) is 17.4 Å². The number of nitriles is 1. The van der Waals surface area contributed by atoms with Crippen LogP contribution in [-0.2, 0) is 4.74 Å². The average Bonchev–Trinajstić information content (AvgIpc) is 2.74. The second-order valence-electron chi connectivity index (χ2n) is 5.74. The molecule has 0 unspecified atom stereocenters. The standard InChI is InChI=1S/C21H16N4O3/c1-28-21(27)14-6-8-17(9-7-14)24-19-12-15(10-11-23-19)20(26)25-18-5-3-2-4-16(18)13-22/h2-12H,1H3,(H,23,24)(H,25,26). The predicted octanol–water partition coefficient (Wildman–Crippen LogP) is 3.74. The number of benzene rings is 2. The number of carbonyl (C=O) groups is 2. The van der Waals surface area contributed by atoms with Crippen LogP contribution in [0.3, 0.4) is 0 Å². The molecule has 2 N–H and O–H groups in total. The maximum Gasteiger partial charge on any atom is 0.337 e. The van der Waals surface area contributed by atoms with Crippen LogP contribution in [-0.4, -0.2) is 24.0 Å². The van der Waals surface area contributed by atoms with E-state index in [2.05, 4.69) is 20.4 Å². The molecule has 0 saturated heterocycles. The van der Waals surface area contributed by atoms with E-state index in [1.807, 2.05) is 6.07 Å². The van der Waals surface area contributed by atoms with E-state index in [1.54, 1.807) is 60.7 Å². The number of amides is 1. The number of ether oxygens (including phenoxy) is 1. The third kappa shape index (κ3) is 4.31. The summed E-state index contributed by atoms with van der Waals surface area (Å²) in [7, 11) is 1.32. The van der Waals surface area contributed by atoms with E-state index in [-0.39, 0.29) is 5.91 Å². The molecular formula is C21H16N4O3. The molecule has 0 atom stereocenters. The maximum atomic E-state index is 12.5. The number of nitrogens with one attached hydrogen (secondary N) is 2. The second kappa shape index (κ2) is 8.47. The lowest BCUT2D eigenvalue weighted by Crippen LogP contribution is -2.13. The van der Waals surface area contributed by atoms with Crippen molar-refractivity contribution in [2.75, 3.05) is 17.7 Å². The van der Waals surface area contributed by atoms with Gasteiger partial charge in [0.15, 0.2) is 0 Å². The van der Waals surface area contributed by atoms with Crippen molar-refractivity contribution in [1.29, 1.82) is 5.26 Å². The SMILES string of the molecule is COC(=O)c1ccc(Nc2cc(C(=O)Nc3ccccc3C#N)ccn2)cc1. The number of pyridine rings is 1. The van der Waals surface area contributed by atoms with Gasteiger partial charge in [0.05, 0.1) is 23.9 Å². The quantitative estimate of drug-likeness (QED) is 0.661. The first-order chi connectivity index (χ1) is 13.6. The van der Waals surface area contributed by atoms with Crippen LogP contribution in [0.15, 0.2) is 66.9 Å². The molecule has 0 spiro atoms. The normalized spacial score (nSPS) is 9.86. The van der Waals surface area contributed by atoms with Crippen LogP contribution in [0.1, 0.15) is 26.3 Å². The Bertz CT molecular complexity index is 1060. The van der Waals surface area contributed by atoms with Crippen LogP contribution in [0.4, 0.5) is 17.2 Å². The van der Waals surface area contributed by atoms with Crippen molar-refractivity contribution in [3.63, 3.8) is 0 Å². The minimum atomic E-state index is -0.416. The van der Waals surface area contributed by atoms with E-state index in [9.17, 15) is 9.59 Å². The second-order valence-corrected chi connectivity index (χ2v) is 5.74. The number of hydrogen-bond acceptors (Lipinski definition) is 6. The summed E-state index contributed by atoms with van der Waals surface area (Å²) in [6.45, 7) is 0. The van der Waals surface area contributed by atoms with E-state index < -0.39 is 5.97 Å². The van der Waals surface area contributed by atoms with Crippen molar-refractivity contribution in [3.8, 4) is 6.07 Å². The molecule has 3 rings (SSSR count). The van der Waals surface area contributed by atoms with Crippen LogP contribution in [0.2, 0.25) is 0 Å². The Morgan fingerprint density at radius 1 is 1.04 bits per heavy atom. The highest BCUT2D eigenvalue weighted by atomic mass is 16.5. The Labute approximate surface area is 161 Å². The molecule has 3 aromatic rings. The van der Waals surface area contributed by atoms with E-state index in [0.717, 1.165) is 0 Å². The number of para-hydroxylation sites is 1. The summed E-state index contributed by atoms with van der Waals surface area (Å²) in [5.74, 6) is -0.304. The molecule has 0 radical (unpaired) electrons. The lowest BCUT2D eigenvalue weighted by molar-refractivity contribution is 0.0600. The van der Waals surface area contributed by atoms with Gasteiger partial charge < -0.3 is 15.4 Å². The van der Waals surface area contributed by atoms with E-state index >= 15 is 0 Å². The summed E-state index contributed by atoms with van der Waals surface area (Å²) >= 11 is 0. The molecule has 7 heteroatoms. The van der Waals surface area contributed by atoms with E-state index in [0.29, 0.717) is 33.9 Å². The Morgan fingerprint density at radius 2 is 1.79 bits per heavy atom. The largest absolute Gasteiger partial charge is 0.465 e. The summed E-state index contributed by atoms with van der Waals surface area (Å²) in [6, 6.07) is 18.7. The Morgan fingerprint density at radius 3 is 2.50 bits per heavy atom. The molecule has 0 bridgehead atoms. The summed E-state index contributed by atoms with van der Waals surface area (Å²) < 4.78 is 4.67. The first-order valence-corrected chi connectivity index (χ1v) is 8.32. The number of methoxy groups -OCH3 is 1. The van der Waals surface area contributed by atoms with Crippen molar-refractivity contribution >= 4 is 29.1 Å². The molecule has 0 saturated carbocycles. The number of aromatic nitrogens is 1. The van der Waals surface area contributed by atoms with Crippen LogP contribution >= 0.6 is 0 Å². The van der Waals surface area contributed by atoms with Gasteiger partial charge in [-0.25, -0.2) is 9.78 Å². The van der Waals surface area contributed by atoms with Gasteiger partial charge in [-0.3, -0.25) is 4.79 Å². The molecule has 0 aliphatic rings.